The van der Waals surface area contributed by atoms with Crippen LogP contribution in [0.2, 0.25) is 5.02 Å². The van der Waals surface area contributed by atoms with Gasteiger partial charge in [0.15, 0.2) is 0 Å². The molecular formula is C11H13ClN4O. The van der Waals surface area contributed by atoms with E-state index in [4.69, 9.17) is 22.1 Å². The summed E-state index contributed by atoms with van der Waals surface area (Å²) in [6.07, 6.45) is 1.56. The molecule has 0 unspecified atom stereocenters. The Morgan fingerprint density at radius 2 is 2.24 bits per heavy atom. The fraction of sp³-hybridized carbons (Fsp3) is 0.273. The van der Waals surface area contributed by atoms with Gasteiger partial charge in [-0.2, -0.15) is 4.98 Å². The molecule has 1 atom stereocenters. The molecule has 0 radical (unpaired) electrons. The van der Waals surface area contributed by atoms with Gasteiger partial charge in [0.05, 0.1) is 5.02 Å². The molecule has 5 nitrogen and oxygen atoms in total. The van der Waals surface area contributed by atoms with E-state index in [0.717, 1.165) is 5.56 Å². The number of aryl methyl sites for hydroxylation is 1. The smallest absolute Gasteiger partial charge is 0.341 e. The highest BCUT2D eigenvalue weighted by Crippen LogP contribution is 2.29. The Labute approximate surface area is 104 Å². The Bertz CT molecular complexity index is 524. The monoisotopic (exact) mass is 252 g/mol. The lowest BCUT2D eigenvalue weighted by atomic mass is 10.1. The number of hydrogen-bond acceptors (Lipinski definition) is 4. The van der Waals surface area contributed by atoms with Gasteiger partial charge >= 0.3 is 6.01 Å². The van der Waals surface area contributed by atoms with Gasteiger partial charge in [0.25, 0.3) is 0 Å². The van der Waals surface area contributed by atoms with Crippen molar-refractivity contribution in [1.29, 1.82) is 0 Å². The second kappa shape index (κ2) is 4.73. The fourth-order valence-electron chi connectivity index (χ4n) is 1.35. The first-order valence-electron chi connectivity index (χ1n) is 5.15. The van der Waals surface area contributed by atoms with E-state index in [-0.39, 0.29) is 12.1 Å². The minimum atomic E-state index is -0.0606. The topological polar surface area (TPSA) is 66.0 Å². The summed E-state index contributed by atoms with van der Waals surface area (Å²) < 4.78 is 7.00. The number of halogens is 1. The summed E-state index contributed by atoms with van der Waals surface area (Å²) in [5.74, 6) is 0.516. The van der Waals surface area contributed by atoms with Gasteiger partial charge < -0.3 is 10.5 Å². The number of aromatic nitrogens is 3. The molecule has 2 N–H and O–H groups in total. The second-order valence-electron chi connectivity index (χ2n) is 3.78. The van der Waals surface area contributed by atoms with Crippen LogP contribution >= 0.6 is 11.6 Å². The number of benzene rings is 1. The van der Waals surface area contributed by atoms with E-state index in [9.17, 15) is 0 Å². The van der Waals surface area contributed by atoms with E-state index in [1.807, 2.05) is 13.0 Å². The van der Waals surface area contributed by atoms with E-state index in [0.29, 0.717) is 10.8 Å². The maximum Gasteiger partial charge on any atom is 0.341 e. The predicted octanol–water partition coefficient (Wildman–Crippen LogP) is 2.28. The number of nitrogens with zero attached hydrogens (tertiary/aromatic N) is 3. The van der Waals surface area contributed by atoms with Gasteiger partial charge in [0.1, 0.15) is 12.1 Å². The zero-order valence-electron chi connectivity index (χ0n) is 9.59. The van der Waals surface area contributed by atoms with Crippen LogP contribution in [-0.4, -0.2) is 14.8 Å². The van der Waals surface area contributed by atoms with E-state index in [1.165, 1.54) is 0 Å². The molecule has 0 fully saturated rings. The number of rotatable bonds is 3. The quantitative estimate of drug-likeness (QED) is 0.910. The normalized spacial score (nSPS) is 12.5. The molecule has 17 heavy (non-hydrogen) atoms. The minimum absolute atomic E-state index is 0.0606. The average molecular weight is 253 g/mol. The van der Waals surface area contributed by atoms with E-state index in [2.05, 4.69) is 10.1 Å². The first kappa shape index (κ1) is 11.9. The van der Waals surface area contributed by atoms with Crippen molar-refractivity contribution in [1.82, 2.24) is 14.8 Å². The lowest BCUT2D eigenvalue weighted by Gasteiger charge is -2.08. The average Bonchev–Trinajstić information content (AvgIpc) is 2.67. The van der Waals surface area contributed by atoms with Crippen molar-refractivity contribution < 1.29 is 4.74 Å². The molecule has 0 saturated heterocycles. The summed E-state index contributed by atoms with van der Waals surface area (Å²) in [7, 11) is 1.76. The van der Waals surface area contributed by atoms with Crippen molar-refractivity contribution in [3.63, 3.8) is 0 Å². The van der Waals surface area contributed by atoms with Crippen LogP contribution in [0, 0.1) is 0 Å². The van der Waals surface area contributed by atoms with Crippen LogP contribution in [-0.2, 0) is 7.05 Å². The summed E-state index contributed by atoms with van der Waals surface area (Å²) in [5.41, 5.74) is 6.72. The molecule has 0 spiro atoms. The van der Waals surface area contributed by atoms with Crippen molar-refractivity contribution in [2.75, 3.05) is 0 Å². The lowest BCUT2D eigenvalue weighted by Crippen LogP contribution is -2.04. The van der Waals surface area contributed by atoms with Crippen LogP contribution in [0.3, 0.4) is 0 Å². The number of nitrogens with two attached hydrogens (primary N) is 1. The van der Waals surface area contributed by atoms with Gasteiger partial charge in [-0.15, -0.1) is 5.10 Å². The van der Waals surface area contributed by atoms with Crippen LogP contribution in [0.4, 0.5) is 0 Å². The highest BCUT2D eigenvalue weighted by Gasteiger charge is 2.08. The molecule has 90 valence electrons. The predicted molar refractivity (Wildman–Crippen MR) is 65.1 cm³/mol. The van der Waals surface area contributed by atoms with E-state index < -0.39 is 0 Å². The molecule has 0 amide bonds. The van der Waals surface area contributed by atoms with E-state index in [1.54, 1.807) is 30.2 Å². The molecule has 0 aliphatic heterocycles. The third kappa shape index (κ3) is 2.75. The largest absolute Gasteiger partial charge is 0.422 e. The third-order valence-electron chi connectivity index (χ3n) is 2.26. The maximum absolute atomic E-state index is 6.09. The highest BCUT2D eigenvalue weighted by molar-refractivity contribution is 6.32. The zero-order valence-corrected chi connectivity index (χ0v) is 10.3. The summed E-state index contributed by atoms with van der Waals surface area (Å²) in [6, 6.07) is 5.62. The van der Waals surface area contributed by atoms with Gasteiger partial charge in [-0.1, -0.05) is 17.7 Å². The molecule has 1 aromatic carbocycles. The highest BCUT2D eigenvalue weighted by atomic mass is 35.5. The summed E-state index contributed by atoms with van der Waals surface area (Å²) in [4.78, 5) is 3.96. The molecule has 0 aliphatic rings. The van der Waals surface area contributed by atoms with Gasteiger partial charge in [-0.05, 0) is 24.6 Å². The van der Waals surface area contributed by atoms with E-state index >= 15 is 0 Å². The zero-order chi connectivity index (χ0) is 12.4. The second-order valence-corrected chi connectivity index (χ2v) is 4.19. The molecule has 0 aliphatic carbocycles. The van der Waals surface area contributed by atoms with Gasteiger partial charge in [-0.25, -0.2) is 0 Å². The van der Waals surface area contributed by atoms with Crippen LogP contribution in [0.5, 0.6) is 11.8 Å². The van der Waals surface area contributed by atoms with Crippen LogP contribution < -0.4 is 10.5 Å². The molecule has 2 aromatic rings. The number of hydrogen-bond donors (Lipinski definition) is 1. The summed E-state index contributed by atoms with van der Waals surface area (Å²) >= 11 is 6.09. The van der Waals surface area contributed by atoms with Crippen LogP contribution in [0.1, 0.15) is 18.5 Å². The summed E-state index contributed by atoms with van der Waals surface area (Å²) in [5, 5.41) is 4.50. The van der Waals surface area contributed by atoms with Crippen molar-refractivity contribution in [2.45, 2.75) is 13.0 Å². The Hall–Kier alpha value is -1.59. The number of ether oxygens (including phenoxy) is 1. The van der Waals surface area contributed by atoms with Crippen molar-refractivity contribution in [3.05, 3.63) is 35.1 Å². The summed E-state index contributed by atoms with van der Waals surface area (Å²) in [6.45, 7) is 1.90. The van der Waals surface area contributed by atoms with Crippen LogP contribution in [0.15, 0.2) is 24.5 Å². The van der Waals surface area contributed by atoms with Crippen molar-refractivity contribution in [2.24, 2.45) is 12.8 Å². The maximum atomic E-state index is 6.09. The van der Waals surface area contributed by atoms with Crippen LogP contribution in [0.25, 0.3) is 0 Å². The third-order valence-corrected chi connectivity index (χ3v) is 2.56. The molecule has 1 aromatic heterocycles. The lowest BCUT2D eigenvalue weighted by molar-refractivity contribution is 0.439. The Balaban J connectivity index is 2.22. The Morgan fingerprint density at radius 3 is 2.76 bits per heavy atom. The minimum Gasteiger partial charge on any atom is -0.422 e. The molecule has 0 bridgehead atoms. The van der Waals surface area contributed by atoms with Crippen molar-refractivity contribution in [3.8, 4) is 11.8 Å². The SMILES string of the molecule is C[C@H](N)c1ccc(Oc2ncn(C)n2)c(Cl)c1. The molecule has 2 rings (SSSR count). The standard InChI is InChI=1S/C11H13ClN4O/c1-7(13)8-3-4-10(9(12)5-8)17-11-14-6-16(2)15-11/h3-7H,13H2,1-2H3/t7-/m0/s1. The molecule has 1 heterocycles. The van der Waals surface area contributed by atoms with Gasteiger partial charge in [0, 0.05) is 13.1 Å². The Kier molecular flexibility index (Phi) is 3.31. The Morgan fingerprint density at radius 1 is 1.47 bits per heavy atom. The molecule has 6 heteroatoms. The fourth-order valence-corrected chi connectivity index (χ4v) is 1.58. The first-order chi connectivity index (χ1) is 8.06. The van der Waals surface area contributed by atoms with Gasteiger partial charge in [-0.3, -0.25) is 4.68 Å². The van der Waals surface area contributed by atoms with Gasteiger partial charge in [0.2, 0.25) is 0 Å². The van der Waals surface area contributed by atoms with Crippen molar-refractivity contribution >= 4 is 11.6 Å². The molecular weight excluding hydrogens is 240 g/mol. The molecule has 0 saturated carbocycles. The first-order valence-corrected chi connectivity index (χ1v) is 5.52.